The highest BCUT2D eigenvalue weighted by Gasteiger charge is 2.24. The molecule has 1 N–H and O–H groups in total. The number of carbonyl (C=O) groups excluding carboxylic acids is 1. The first-order valence-electron chi connectivity index (χ1n) is 10.7. The topological polar surface area (TPSA) is 79.0 Å². The van der Waals surface area contributed by atoms with Crippen LogP contribution in [0.15, 0.2) is 77.7 Å². The Labute approximate surface area is 194 Å². The summed E-state index contributed by atoms with van der Waals surface area (Å²) in [4.78, 5) is 17.1. The minimum absolute atomic E-state index is 0.0609. The van der Waals surface area contributed by atoms with Gasteiger partial charge in [0.2, 0.25) is 0 Å². The Kier molecular flexibility index (Phi) is 6.55. The molecule has 1 saturated heterocycles. The number of aryl methyl sites for hydroxylation is 1. The van der Waals surface area contributed by atoms with E-state index in [1.165, 1.54) is 12.1 Å². The predicted molar refractivity (Wildman–Crippen MR) is 130 cm³/mol. The number of hydrogen-bond acceptors (Lipinski definition) is 5. The number of anilines is 2. The summed E-state index contributed by atoms with van der Waals surface area (Å²) in [5.74, 6) is 0.635. The molecule has 7 nitrogen and oxygen atoms in total. The fraction of sp³-hybridized carbons (Fsp3) is 0.240. The zero-order valence-electron chi connectivity index (χ0n) is 18.7. The Hall–Kier alpha value is -3.52. The van der Waals surface area contributed by atoms with Crippen molar-refractivity contribution in [3.63, 3.8) is 0 Å². The molecule has 1 heterocycles. The number of sulfonamides is 1. The Balaban J connectivity index is 1.42. The van der Waals surface area contributed by atoms with E-state index >= 15 is 0 Å². The van der Waals surface area contributed by atoms with Crippen LogP contribution in [-0.4, -0.2) is 52.5 Å². The molecule has 4 rings (SSSR count). The van der Waals surface area contributed by atoms with Gasteiger partial charge in [-0.15, -0.1) is 0 Å². The quantitative estimate of drug-likeness (QED) is 0.600. The molecule has 1 aliphatic heterocycles. The van der Waals surface area contributed by atoms with Crippen LogP contribution in [0, 0.1) is 6.92 Å². The zero-order chi connectivity index (χ0) is 23.4. The molecule has 1 fully saturated rings. The van der Waals surface area contributed by atoms with Crippen LogP contribution >= 0.6 is 0 Å². The van der Waals surface area contributed by atoms with Gasteiger partial charge in [-0.1, -0.05) is 23.8 Å². The molecule has 8 heteroatoms. The third-order valence-electron chi connectivity index (χ3n) is 5.70. The van der Waals surface area contributed by atoms with Gasteiger partial charge in [0.05, 0.1) is 12.0 Å². The summed E-state index contributed by atoms with van der Waals surface area (Å²) in [5.41, 5.74) is 2.96. The van der Waals surface area contributed by atoms with Gasteiger partial charge in [-0.25, -0.2) is 8.42 Å². The lowest BCUT2D eigenvalue weighted by Crippen LogP contribution is -2.48. The van der Waals surface area contributed by atoms with Crippen molar-refractivity contribution in [3.05, 3.63) is 83.9 Å². The summed E-state index contributed by atoms with van der Waals surface area (Å²) in [5, 5.41) is 0. The number of rotatable bonds is 6. The molecule has 33 heavy (non-hydrogen) atoms. The second-order valence-corrected chi connectivity index (χ2v) is 9.66. The molecule has 0 radical (unpaired) electrons. The number of benzene rings is 3. The van der Waals surface area contributed by atoms with E-state index in [4.69, 9.17) is 4.74 Å². The van der Waals surface area contributed by atoms with Crippen molar-refractivity contribution in [1.29, 1.82) is 0 Å². The number of hydrogen-bond donors (Lipinski definition) is 1. The fourth-order valence-corrected chi connectivity index (χ4v) is 4.88. The molecular formula is C25H27N3O4S. The number of amides is 1. The molecule has 0 spiro atoms. The van der Waals surface area contributed by atoms with Gasteiger partial charge in [0.1, 0.15) is 5.75 Å². The highest BCUT2D eigenvalue weighted by molar-refractivity contribution is 7.92. The fourth-order valence-electron chi connectivity index (χ4n) is 3.78. The smallest absolute Gasteiger partial charge is 0.261 e. The SMILES string of the molecule is COc1ccc(N2CCN(C(=O)c3cccc(S(=O)(=O)Nc4ccc(C)cc4)c3)CC2)cc1. The van der Waals surface area contributed by atoms with E-state index in [0.717, 1.165) is 17.0 Å². The number of nitrogens with zero attached hydrogens (tertiary/aromatic N) is 2. The van der Waals surface area contributed by atoms with Gasteiger partial charge in [-0.2, -0.15) is 0 Å². The van der Waals surface area contributed by atoms with Gasteiger partial charge in [0, 0.05) is 43.1 Å². The first-order chi connectivity index (χ1) is 15.9. The van der Waals surface area contributed by atoms with Crippen molar-refractivity contribution in [3.8, 4) is 5.75 Å². The molecule has 3 aromatic carbocycles. The second kappa shape index (κ2) is 9.54. The van der Waals surface area contributed by atoms with Crippen LogP contribution in [0.4, 0.5) is 11.4 Å². The Morgan fingerprint density at radius 2 is 1.58 bits per heavy atom. The van der Waals surface area contributed by atoms with Crippen molar-refractivity contribution < 1.29 is 17.9 Å². The lowest BCUT2D eigenvalue weighted by atomic mass is 10.1. The Morgan fingerprint density at radius 3 is 2.21 bits per heavy atom. The molecular weight excluding hydrogens is 438 g/mol. The average molecular weight is 466 g/mol. The highest BCUT2D eigenvalue weighted by atomic mass is 32.2. The van der Waals surface area contributed by atoms with Gasteiger partial charge in [0.25, 0.3) is 15.9 Å². The van der Waals surface area contributed by atoms with Gasteiger partial charge in [-0.3, -0.25) is 9.52 Å². The number of ether oxygens (including phenoxy) is 1. The largest absolute Gasteiger partial charge is 0.497 e. The van der Waals surface area contributed by atoms with Crippen molar-refractivity contribution in [1.82, 2.24) is 4.90 Å². The van der Waals surface area contributed by atoms with Gasteiger partial charge < -0.3 is 14.5 Å². The normalized spacial score (nSPS) is 14.1. The lowest BCUT2D eigenvalue weighted by Gasteiger charge is -2.36. The van der Waals surface area contributed by atoms with Gasteiger partial charge >= 0.3 is 0 Å². The van der Waals surface area contributed by atoms with E-state index in [1.807, 2.05) is 43.3 Å². The Bertz CT molecular complexity index is 1220. The summed E-state index contributed by atoms with van der Waals surface area (Å²) < 4.78 is 33.4. The van der Waals surface area contributed by atoms with Gasteiger partial charge in [-0.05, 0) is 61.5 Å². The van der Waals surface area contributed by atoms with Crippen LogP contribution in [0.1, 0.15) is 15.9 Å². The van der Waals surface area contributed by atoms with Crippen LogP contribution in [0.25, 0.3) is 0 Å². The van der Waals surface area contributed by atoms with Crippen LogP contribution in [0.3, 0.4) is 0 Å². The molecule has 0 bridgehead atoms. The number of nitrogens with one attached hydrogen (secondary N) is 1. The summed E-state index contributed by atoms with van der Waals surface area (Å²) in [7, 11) is -2.17. The standard InChI is InChI=1S/C25H27N3O4S/c1-19-6-8-21(9-7-19)26-33(30,31)24-5-3-4-20(18-24)25(29)28-16-14-27(15-17-28)22-10-12-23(32-2)13-11-22/h3-13,18,26H,14-17H2,1-2H3. The van der Waals surface area contributed by atoms with Gasteiger partial charge in [0.15, 0.2) is 0 Å². The van der Waals surface area contributed by atoms with E-state index in [0.29, 0.717) is 37.4 Å². The first kappa shape index (κ1) is 22.7. The van der Waals surface area contributed by atoms with E-state index in [2.05, 4.69) is 9.62 Å². The average Bonchev–Trinajstić information content (AvgIpc) is 2.85. The summed E-state index contributed by atoms with van der Waals surface area (Å²) in [6.07, 6.45) is 0. The third-order valence-corrected chi connectivity index (χ3v) is 7.08. The third kappa shape index (κ3) is 5.28. The maximum Gasteiger partial charge on any atom is 0.261 e. The van der Waals surface area contributed by atoms with E-state index < -0.39 is 10.0 Å². The molecule has 0 saturated carbocycles. The highest BCUT2D eigenvalue weighted by Crippen LogP contribution is 2.22. The molecule has 1 aliphatic rings. The number of piperazine rings is 1. The van der Waals surface area contributed by atoms with Crippen molar-refractivity contribution in [2.45, 2.75) is 11.8 Å². The van der Waals surface area contributed by atoms with E-state index in [1.54, 1.807) is 36.3 Å². The maximum atomic E-state index is 13.1. The zero-order valence-corrected chi connectivity index (χ0v) is 19.5. The molecule has 172 valence electrons. The molecule has 3 aromatic rings. The van der Waals surface area contributed by atoms with E-state index in [9.17, 15) is 13.2 Å². The summed E-state index contributed by atoms with van der Waals surface area (Å²) in [6, 6.07) is 21.1. The van der Waals surface area contributed by atoms with Crippen LogP contribution in [0.5, 0.6) is 5.75 Å². The van der Waals surface area contributed by atoms with E-state index in [-0.39, 0.29) is 10.8 Å². The second-order valence-electron chi connectivity index (χ2n) is 7.98. The minimum atomic E-state index is -3.80. The van der Waals surface area contributed by atoms with Crippen molar-refractivity contribution >= 4 is 27.3 Å². The van der Waals surface area contributed by atoms with Crippen molar-refractivity contribution in [2.24, 2.45) is 0 Å². The monoisotopic (exact) mass is 465 g/mol. The minimum Gasteiger partial charge on any atom is -0.497 e. The van der Waals surface area contributed by atoms with Crippen molar-refractivity contribution in [2.75, 3.05) is 42.9 Å². The first-order valence-corrected chi connectivity index (χ1v) is 12.2. The molecule has 1 amide bonds. The lowest BCUT2D eigenvalue weighted by molar-refractivity contribution is 0.0746. The van der Waals surface area contributed by atoms with Crippen LogP contribution in [-0.2, 0) is 10.0 Å². The maximum absolute atomic E-state index is 13.1. The number of carbonyl (C=O) groups is 1. The van der Waals surface area contributed by atoms with Crippen LogP contribution < -0.4 is 14.4 Å². The Morgan fingerprint density at radius 1 is 0.909 bits per heavy atom. The molecule has 0 aromatic heterocycles. The molecule has 0 aliphatic carbocycles. The summed E-state index contributed by atoms with van der Waals surface area (Å²) >= 11 is 0. The number of methoxy groups -OCH3 is 1. The summed E-state index contributed by atoms with van der Waals surface area (Å²) in [6.45, 7) is 4.45. The van der Waals surface area contributed by atoms with Crippen LogP contribution in [0.2, 0.25) is 0 Å². The predicted octanol–water partition coefficient (Wildman–Crippen LogP) is 3.77. The molecule has 0 unspecified atom stereocenters. The molecule has 0 atom stereocenters.